The molecule has 2 aromatic rings. The number of carbonyl (C=O) groups is 1. The van der Waals surface area contributed by atoms with Crippen LogP contribution >= 0.6 is 0 Å². The van der Waals surface area contributed by atoms with Gasteiger partial charge in [0.05, 0.1) is 18.0 Å². The van der Waals surface area contributed by atoms with E-state index in [1.807, 2.05) is 24.3 Å². The molecule has 0 saturated heterocycles. The molecule has 0 atom stereocenters. The molecule has 1 aliphatic carbocycles. The molecule has 3 rings (SSSR count). The summed E-state index contributed by atoms with van der Waals surface area (Å²) in [5.41, 5.74) is 2.18. The van der Waals surface area contributed by atoms with Crippen molar-refractivity contribution >= 4 is 27.3 Å². The Balaban J connectivity index is 1.64. The molecule has 1 aliphatic rings. The highest BCUT2D eigenvalue weighted by molar-refractivity contribution is 7.92. The molecule has 6 nitrogen and oxygen atoms in total. The van der Waals surface area contributed by atoms with Gasteiger partial charge in [-0.2, -0.15) is 0 Å². The molecule has 0 unspecified atom stereocenters. The molecular formula is C23H30N2O4S. The molecule has 0 spiro atoms. The largest absolute Gasteiger partial charge is 0.490 e. The molecule has 30 heavy (non-hydrogen) atoms. The lowest BCUT2D eigenvalue weighted by molar-refractivity contribution is -0.114. The average Bonchev–Trinajstić information content (AvgIpc) is 3.20. The van der Waals surface area contributed by atoms with Crippen molar-refractivity contribution in [2.24, 2.45) is 0 Å². The quantitative estimate of drug-likeness (QED) is 0.667. The molecule has 1 amide bonds. The summed E-state index contributed by atoms with van der Waals surface area (Å²) in [5.74, 6) is 0.718. The summed E-state index contributed by atoms with van der Waals surface area (Å²) in [4.78, 5) is 12.5. The second kappa shape index (κ2) is 9.51. The van der Waals surface area contributed by atoms with Gasteiger partial charge in [-0.3, -0.25) is 9.10 Å². The Labute approximate surface area is 179 Å². The number of ether oxygens (including phenoxy) is 1. The molecule has 0 heterocycles. The highest BCUT2D eigenvalue weighted by Gasteiger charge is 2.21. The maximum Gasteiger partial charge on any atom is 0.245 e. The van der Waals surface area contributed by atoms with Crippen molar-refractivity contribution in [1.82, 2.24) is 0 Å². The summed E-state index contributed by atoms with van der Waals surface area (Å²) in [7, 11) is -3.61. The number of anilines is 2. The maximum absolute atomic E-state index is 12.5. The molecule has 7 heteroatoms. The zero-order chi connectivity index (χ0) is 21.7. The Kier molecular flexibility index (Phi) is 7.02. The minimum atomic E-state index is -3.61. The summed E-state index contributed by atoms with van der Waals surface area (Å²) >= 11 is 0. The number of amides is 1. The molecule has 1 saturated carbocycles. The predicted octanol–water partition coefficient (Wildman–Crippen LogP) is 4.54. The van der Waals surface area contributed by atoms with E-state index in [1.54, 1.807) is 24.3 Å². The van der Waals surface area contributed by atoms with Crippen molar-refractivity contribution in [1.29, 1.82) is 0 Å². The number of nitrogens with zero attached hydrogens (tertiary/aromatic N) is 1. The molecule has 0 radical (unpaired) electrons. The van der Waals surface area contributed by atoms with Crippen LogP contribution in [0.25, 0.3) is 0 Å². The highest BCUT2D eigenvalue weighted by atomic mass is 32.2. The van der Waals surface area contributed by atoms with Gasteiger partial charge in [0.15, 0.2) is 0 Å². The van der Waals surface area contributed by atoms with Gasteiger partial charge >= 0.3 is 0 Å². The van der Waals surface area contributed by atoms with E-state index in [0.717, 1.165) is 34.7 Å². The van der Waals surface area contributed by atoms with Crippen LogP contribution in [-0.2, 0) is 14.8 Å². The van der Waals surface area contributed by atoms with Crippen LogP contribution in [0, 0.1) is 0 Å². The van der Waals surface area contributed by atoms with Crippen LogP contribution in [0.15, 0.2) is 48.5 Å². The molecule has 162 valence electrons. The summed E-state index contributed by atoms with van der Waals surface area (Å²) in [6, 6.07) is 14.4. The Morgan fingerprint density at radius 1 is 1.07 bits per heavy atom. The topological polar surface area (TPSA) is 75.7 Å². The van der Waals surface area contributed by atoms with E-state index in [0.29, 0.717) is 17.3 Å². The van der Waals surface area contributed by atoms with Gasteiger partial charge < -0.3 is 10.1 Å². The van der Waals surface area contributed by atoms with Crippen molar-refractivity contribution in [2.75, 3.05) is 22.4 Å². The van der Waals surface area contributed by atoms with Gasteiger partial charge in [0, 0.05) is 5.69 Å². The minimum absolute atomic E-state index is 0.274. The number of benzene rings is 2. The van der Waals surface area contributed by atoms with Crippen LogP contribution in [0.3, 0.4) is 0 Å². The first-order valence-corrected chi connectivity index (χ1v) is 12.2. The molecule has 2 aromatic carbocycles. The van der Waals surface area contributed by atoms with Gasteiger partial charge in [-0.25, -0.2) is 8.42 Å². The number of nitrogens with one attached hydrogen (secondary N) is 1. The maximum atomic E-state index is 12.5. The van der Waals surface area contributed by atoms with E-state index in [1.165, 1.54) is 12.8 Å². The van der Waals surface area contributed by atoms with Gasteiger partial charge in [-0.05, 0) is 73.6 Å². The van der Waals surface area contributed by atoms with Gasteiger partial charge in [-0.1, -0.05) is 26.0 Å². The van der Waals surface area contributed by atoms with Crippen LogP contribution in [0.2, 0.25) is 0 Å². The van der Waals surface area contributed by atoms with Gasteiger partial charge in [-0.15, -0.1) is 0 Å². The molecule has 0 aromatic heterocycles. The zero-order valence-corrected chi connectivity index (χ0v) is 18.6. The summed E-state index contributed by atoms with van der Waals surface area (Å²) in [6.45, 7) is 3.85. The van der Waals surface area contributed by atoms with E-state index in [4.69, 9.17) is 4.74 Å². The minimum Gasteiger partial charge on any atom is -0.490 e. The third-order valence-corrected chi connectivity index (χ3v) is 6.42. The van der Waals surface area contributed by atoms with Crippen molar-refractivity contribution in [3.05, 3.63) is 54.1 Å². The standard InChI is InChI=1S/C23H30N2O4S/c1-17(2)18-8-12-20(13-9-18)25(30(3,27)28)16-23(26)24-19-10-14-22(15-11-19)29-21-6-4-5-7-21/h8-15,17,21H,4-7,16H2,1-3H3,(H,24,26). The van der Waals surface area contributed by atoms with Gasteiger partial charge in [0.25, 0.3) is 0 Å². The fourth-order valence-electron chi connectivity index (χ4n) is 3.57. The van der Waals surface area contributed by atoms with Crippen molar-refractivity contribution in [2.45, 2.75) is 51.6 Å². The zero-order valence-electron chi connectivity index (χ0n) is 17.8. The first kappa shape index (κ1) is 22.2. The van der Waals surface area contributed by atoms with E-state index < -0.39 is 15.9 Å². The van der Waals surface area contributed by atoms with Crippen LogP contribution in [0.4, 0.5) is 11.4 Å². The second-order valence-corrected chi connectivity index (χ2v) is 10.0. The number of sulfonamides is 1. The van der Waals surface area contributed by atoms with E-state index in [-0.39, 0.29) is 12.6 Å². The second-order valence-electron chi connectivity index (χ2n) is 8.11. The Hall–Kier alpha value is -2.54. The average molecular weight is 431 g/mol. The lowest BCUT2D eigenvalue weighted by Crippen LogP contribution is -2.37. The van der Waals surface area contributed by atoms with Crippen LogP contribution in [0.1, 0.15) is 51.0 Å². The predicted molar refractivity (Wildman–Crippen MR) is 121 cm³/mol. The van der Waals surface area contributed by atoms with Crippen LogP contribution in [0.5, 0.6) is 5.75 Å². The van der Waals surface area contributed by atoms with Crippen LogP contribution < -0.4 is 14.4 Å². The van der Waals surface area contributed by atoms with Gasteiger partial charge in [0.2, 0.25) is 15.9 Å². The number of carbonyl (C=O) groups excluding carboxylic acids is 1. The van der Waals surface area contributed by atoms with E-state index >= 15 is 0 Å². The first-order chi connectivity index (χ1) is 14.2. The SMILES string of the molecule is CC(C)c1ccc(N(CC(=O)Nc2ccc(OC3CCCC3)cc2)S(C)(=O)=O)cc1. The Morgan fingerprint density at radius 2 is 1.67 bits per heavy atom. The number of hydrogen-bond acceptors (Lipinski definition) is 4. The lowest BCUT2D eigenvalue weighted by atomic mass is 10.0. The molecule has 0 bridgehead atoms. The monoisotopic (exact) mass is 430 g/mol. The summed E-state index contributed by atoms with van der Waals surface area (Å²) in [6.07, 6.45) is 5.95. The normalized spacial score (nSPS) is 14.7. The lowest BCUT2D eigenvalue weighted by Gasteiger charge is -2.22. The third-order valence-electron chi connectivity index (χ3n) is 5.28. The molecule has 0 aliphatic heterocycles. The summed E-state index contributed by atoms with van der Waals surface area (Å²) < 4.78 is 31.6. The summed E-state index contributed by atoms with van der Waals surface area (Å²) in [5, 5.41) is 2.76. The van der Waals surface area contributed by atoms with E-state index in [2.05, 4.69) is 19.2 Å². The number of rotatable bonds is 8. The van der Waals surface area contributed by atoms with Crippen molar-refractivity contribution in [3.63, 3.8) is 0 Å². The molecule has 1 N–H and O–H groups in total. The molecular weight excluding hydrogens is 400 g/mol. The third kappa shape index (κ3) is 5.98. The Morgan fingerprint density at radius 3 is 2.20 bits per heavy atom. The first-order valence-electron chi connectivity index (χ1n) is 10.4. The molecule has 1 fully saturated rings. The van der Waals surface area contributed by atoms with Gasteiger partial charge in [0.1, 0.15) is 12.3 Å². The Bertz CT molecular complexity index is 948. The fraction of sp³-hybridized carbons (Fsp3) is 0.435. The number of hydrogen-bond donors (Lipinski definition) is 1. The van der Waals surface area contributed by atoms with Crippen molar-refractivity contribution in [3.8, 4) is 5.75 Å². The van der Waals surface area contributed by atoms with Crippen molar-refractivity contribution < 1.29 is 17.9 Å². The van der Waals surface area contributed by atoms with E-state index in [9.17, 15) is 13.2 Å². The fourth-order valence-corrected chi connectivity index (χ4v) is 4.43. The highest BCUT2D eigenvalue weighted by Crippen LogP contribution is 2.25. The van der Waals surface area contributed by atoms with Crippen LogP contribution in [-0.4, -0.2) is 33.2 Å². The smallest absolute Gasteiger partial charge is 0.245 e.